The largest absolute Gasteiger partial charge is 0.349 e. The Labute approximate surface area is 122 Å². The van der Waals surface area contributed by atoms with Crippen LogP contribution in [0.5, 0.6) is 0 Å². The van der Waals surface area contributed by atoms with Gasteiger partial charge in [0.05, 0.1) is 6.04 Å². The van der Waals surface area contributed by atoms with Crippen molar-refractivity contribution in [3.63, 3.8) is 0 Å². The first-order valence-corrected chi connectivity index (χ1v) is 8.16. The molecule has 2 heterocycles. The van der Waals surface area contributed by atoms with Crippen molar-refractivity contribution < 1.29 is 9.18 Å². The zero-order valence-electron chi connectivity index (χ0n) is 11.3. The zero-order valence-corrected chi connectivity index (χ0v) is 12.1. The highest BCUT2D eigenvalue weighted by molar-refractivity contribution is 7.99. The molecule has 0 bridgehead atoms. The highest BCUT2D eigenvalue weighted by Gasteiger charge is 2.24. The van der Waals surface area contributed by atoms with Crippen LogP contribution in [0.3, 0.4) is 0 Å². The Morgan fingerprint density at radius 2 is 2.35 bits per heavy atom. The molecule has 0 aromatic heterocycles. The Kier molecular flexibility index (Phi) is 4.27. The van der Waals surface area contributed by atoms with Gasteiger partial charge in [-0.2, -0.15) is 0 Å². The quantitative estimate of drug-likeness (QED) is 0.900. The van der Waals surface area contributed by atoms with E-state index < -0.39 is 0 Å². The topological polar surface area (TPSA) is 41.1 Å². The van der Waals surface area contributed by atoms with Gasteiger partial charge in [0.25, 0.3) is 0 Å². The molecule has 0 radical (unpaired) electrons. The van der Waals surface area contributed by atoms with Crippen LogP contribution in [0.1, 0.15) is 37.3 Å². The summed E-state index contributed by atoms with van der Waals surface area (Å²) in [6, 6.07) is 5.11. The fourth-order valence-corrected chi connectivity index (χ4v) is 4.03. The van der Waals surface area contributed by atoms with Gasteiger partial charge in [-0.1, -0.05) is 0 Å². The van der Waals surface area contributed by atoms with Crippen LogP contribution in [0.4, 0.5) is 4.39 Å². The Morgan fingerprint density at radius 3 is 3.15 bits per heavy atom. The summed E-state index contributed by atoms with van der Waals surface area (Å²) in [5, 5.41) is 6.40. The van der Waals surface area contributed by atoms with E-state index in [1.807, 2.05) is 6.07 Å². The number of nitrogens with one attached hydrogen (secondary N) is 2. The maximum Gasteiger partial charge on any atom is 0.222 e. The number of halogens is 1. The van der Waals surface area contributed by atoms with Gasteiger partial charge in [0.15, 0.2) is 0 Å². The summed E-state index contributed by atoms with van der Waals surface area (Å²) < 4.78 is 13.4. The van der Waals surface area contributed by atoms with Gasteiger partial charge in [-0.25, -0.2) is 4.39 Å². The van der Waals surface area contributed by atoms with Gasteiger partial charge in [0.1, 0.15) is 5.82 Å². The van der Waals surface area contributed by atoms with E-state index in [9.17, 15) is 9.18 Å². The zero-order chi connectivity index (χ0) is 13.9. The lowest BCUT2D eigenvalue weighted by Gasteiger charge is -2.26. The predicted octanol–water partition coefficient (Wildman–Crippen LogP) is 2.62. The van der Waals surface area contributed by atoms with Crippen LogP contribution in [0.25, 0.3) is 0 Å². The smallest absolute Gasteiger partial charge is 0.222 e. The van der Waals surface area contributed by atoms with Crippen molar-refractivity contribution in [2.24, 2.45) is 0 Å². The van der Waals surface area contributed by atoms with Crippen LogP contribution in [0.15, 0.2) is 23.1 Å². The molecule has 5 heteroatoms. The van der Waals surface area contributed by atoms with Gasteiger partial charge in [-0.3, -0.25) is 4.79 Å². The average Bonchev–Trinajstić information content (AvgIpc) is 2.92. The molecule has 3 nitrogen and oxygen atoms in total. The maximum absolute atomic E-state index is 13.4. The SMILES string of the molecule is O=C(CC1CCCN1)NC1CCSc2ccc(F)cc21. The maximum atomic E-state index is 13.4. The van der Waals surface area contributed by atoms with E-state index in [0.717, 1.165) is 42.0 Å². The lowest BCUT2D eigenvalue weighted by atomic mass is 10.0. The van der Waals surface area contributed by atoms with E-state index in [2.05, 4.69) is 10.6 Å². The van der Waals surface area contributed by atoms with Crippen LogP contribution in [0.2, 0.25) is 0 Å². The molecule has 20 heavy (non-hydrogen) atoms. The molecule has 108 valence electrons. The van der Waals surface area contributed by atoms with Crippen LogP contribution in [-0.2, 0) is 4.79 Å². The minimum Gasteiger partial charge on any atom is -0.349 e. The molecule has 0 spiro atoms. The minimum absolute atomic E-state index is 0.0455. The van der Waals surface area contributed by atoms with E-state index in [1.54, 1.807) is 17.8 Å². The number of carbonyl (C=O) groups is 1. The Bertz CT molecular complexity index is 503. The van der Waals surface area contributed by atoms with Crippen molar-refractivity contribution in [3.8, 4) is 0 Å². The van der Waals surface area contributed by atoms with E-state index in [4.69, 9.17) is 0 Å². The van der Waals surface area contributed by atoms with Gasteiger partial charge < -0.3 is 10.6 Å². The monoisotopic (exact) mass is 294 g/mol. The summed E-state index contributed by atoms with van der Waals surface area (Å²) in [6.07, 6.45) is 3.60. The molecule has 1 amide bonds. The number of carbonyl (C=O) groups excluding carboxylic acids is 1. The van der Waals surface area contributed by atoms with E-state index in [1.165, 1.54) is 6.07 Å². The molecule has 2 aliphatic heterocycles. The summed E-state index contributed by atoms with van der Waals surface area (Å²) in [4.78, 5) is 13.2. The first kappa shape index (κ1) is 13.9. The highest BCUT2D eigenvalue weighted by atomic mass is 32.2. The average molecular weight is 294 g/mol. The standard InChI is InChI=1S/C15H19FN2OS/c16-10-3-4-14-12(8-10)13(5-7-20-14)18-15(19)9-11-2-1-6-17-11/h3-4,8,11,13,17H,1-2,5-7,9H2,(H,18,19). The van der Waals surface area contributed by atoms with Crippen molar-refractivity contribution in [3.05, 3.63) is 29.6 Å². The van der Waals surface area contributed by atoms with Crippen LogP contribution in [0, 0.1) is 5.82 Å². The van der Waals surface area contributed by atoms with Crippen molar-refractivity contribution in [2.45, 2.75) is 42.7 Å². The normalized spacial score (nSPS) is 25.2. The first-order chi connectivity index (χ1) is 9.72. The number of fused-ring (bicyclic) bond motifs is 1. The van der Waals surface area contributed by atoms with Crippen LogP contribution < -0.4 is 10.6 Å². The first-order valence-electron chi connectivity index (χ1n) is 7.17. The Morgan fingerprint density at radius 1 is 1.45 bits per heavy atom. The molecule has 0 saturated carbocycles. The number of rotatable bonds is 3. The number of hydrogen-bond acceptors (Lipinski definition) is 3. The van der Waals surface area contributed by atoms with Gasteiger partial charge in [0, 0.05) is 23.1 Å². The lowest BCUT2D eigenvalue weighted by Crippen LogP contribution is -2.35. The van der Waals surface area contributed by atoms with E-state index >= 15 is 0 Å². The Balaban J connectivity index is 1.66. The third-order valence-electron chi connectivity index (χ3n) is 3.94. The summed E-state index contributed by atoms with van der Waals surface area (Å²) in [7, 11) is 0. The summed E-state index contributed by atoms with van der Waals surface area (Å²) in [5.74, 6) is 0.796. The van der Waals surface area contributed by atoms with Crippen molar-refractivity contribution in [1.82, 2.24) is 10.6 Å². The van der Waals surface area contributed by atoms with E-state index in [-0.39, 0.29) is 17.8 Å². The van der Waals surface area contributed by atoms with Crippen LogP contribution in [-0.4, -0.2) is 24.2 Å². The molecule has 2 N–H and O–H groups in total. The van der Waals surface area contributed by atoms with Crippen molar-refractivity contribution in [2.75, 3.05) is 12.3 Å². The molecule has 0 aliphatic carbocycles. The van der Waals surface area contributed by atoms with Gasteiger partial charge >= 0.3 is 0 Å². The van der Waals surface area contributed by atoms with Gasteiger partial charge in [-0.05, 0) is 49.6 Å². The third-order valence-corrected chi connectivity index (χ3v) is 5.06. The van der Waals surface area contributed by atoms with Gasteiger partial charge in [-0.15, -0.1) is 11.8 Å². The molecular weight excluding hydrogens is 275 g/mol. The summed E-state index contributed by atoms with van der Waals surface area (Å²) in [6.45, 7) is 1.01. The van der Waals surface area contributed by atoms with Crippen LogP contribution >= 0.6 is 11.8 Å². The molecular formula is C15H19FN2OS. The van der Waals surface area contributed by atoms with E-state index in [0.29, 0.717) is 12.5 Å². The highest BCUT2D eigenvalue weighted by Crippen LogP contribution is 2.36. The number of thioether (sulfide) groups is 1. The molecule has 2 aliphatic rings. The summed E-state index contributed by atoms with van der Waals surface area (Å²) in [5.41, 5.74) is 0.925. The van der Waals surface area contributed by atoms with Crippen molar-refractivity contribution in [1.29, 1.82) is 0 Å². The molecule has 3 rings (SSSR count). The second-order valence-corrected chi connectivity index (χ2v) is 6.57. The fourth-order valence-electron chi connectivity index (χ4n) is 2.92. The number of hydrogen-bond donors (Lipinski definition) is 2. The van der Waals surface area contributed by atoms with Gasteiger partial charge in [0.2, 0.25) is 5.91 Å². The summed E-state index contributed by atoms with van der Waals surface area (Å²) >= 11 is 1.73. The molecule has 1 aromatic rings. The second-order valence-electron chi connectivity index (χ2n) is 5.44. The molecule has 2 unspecified atom stereocenters. The lowest BCUT2D eigenvalue weighted by molar-refractivity contribution is -0.122. The molecule has 1 saturated heterocycles. The predicted molar refractivity (Wildman–Crippen MR) is 78.3 cm³/mol. The molecule has 1 fully saturated rings. The number of amides is 1. The van der Waals surface area contributed by atoms with Crippen molar-refractivity contribution >= 4 is 17.7 Å². The second kappa shape index (κ2) is 6.14. The third kappa shape index (κ3) is 3.15. The minimum atomic E-state index is -0.233. The molecule has 2 atom stereocenters. The molecule has 1 aromatic carbocycles. The number of benzene rings is 1. The fraction of sp³-hybridized carbons (Fsp3) is 0.533. The Hall–Kier alpha value is -1.07.